The van der Waals surface area contributed by atoms with Crippen molar-refractivity contribution in [3.05, 3.63) is 163 Å². The first kappa shape index (κ1) is 26.0. The molecule has 0 fully saturated rings. The molecule has 0 amide bonds. The van der Waals surface area contributed by atoms with Crippen LogP contribution < -0.4 is 0 Å². The van der Waals surface area contributed by atoms with Crippen LogP contribution in [0.15, 0.2) is 158 Å². The maximum absolute atomic E-state index is 9.82. The van der Waals surface area contributed by atoms with E-state index in [1.54, 1.807) is 0 Å². The summed E-state index contributed by atoms with van der Waals surface area (Å²) in [4.78, 5) is 5.18. The van der Waals surface area contributed by atoms with Gasteiger partial charge in [0.15, 0.2) is 0 Å². The molecule has 46 heavy (non-hydrogen) atoms. The summed E-state index contributed by atoms with van der Waals surface area (Å²) < 4.78 is 4.72. The zero-order valence-corrected chi connectivity index (χ0v) is 24.8. The van der Waals surface area contributed by atoms with Gasteiger partial charge in [-0.25, -0.2) is 4.98 Å². The fourth-order valence-corrected chi connectivity index (χ4v) is 6.91. The molecule has 4 heteroatoms. The molecule has 9 rings (SSSR count). The number of aromatic nitrogens is 3. The Bertz CT molecular complexity index is 2580. The van der Waals surface area contributed by atoms with Crippen LogP contribution in [-0.4, -0.2) is 14.1 Å². The Kier molecular flexibility index (Phi) is 5.84. The fourth-order valence-electron chi connectivity index (χ4n) is 6.91. The van der Waals surface area contributed by atoms with E-state index in [4.69, 9.17) is 4.98 Å². The first-order valence-corrected chi connectivity index (χ1v) is 15.4. The molecule has 0 aliphatic rings. The Labute approximate surface area is 265 Å². The molecular weight excluding hydrogens is 560 g/mol. The van der Waals surface area contributed by atoms with Crippen molar-refractivity contribution in [2.45, 2.75) is 0 Å². The van der Waals surface area contributed by atoms with Crippen LogP contribution in [0.3, 0.4) is 0 Å². The van der Waals surface area contributed by atoms with Crippen molar-refractivity contribution in [2.24, 2.45) is 0 Å². The second-order valence-corrected chi connectivity index (χ2v) is 11.6. The molecular formula is C42H26N4. The highest BCUT2D eigenvalue weighted by molar-refractivity contribution is 6.23. The molecule has 0 saturated carbocycles. The van der Waals surface area contributed by atoms with E-state index in [1.807, 2.05) is 30.3 Å². The molecule has 214 valence electrons. The van der Waals surface area contributed by atoms with E-state index >= 15 is 0 Å². The topological polar surface area (TPSA) is 46.5 Å². The first-order valence-electron chi connectivity index (χ1n) is 15.4. The van der Waals surface area contributed by atoms with Crippen molar-refractivity contribution in [1.29, 1.82) is 5.26 Å². The summed E-state index contributed by atoms with van der Waals surface area (Å²) in [5.41, 5.74) is 11.0. The van der Waals surface area contributed by atoms with Crippen molar-refractivity contribution in [2.75, 3.05) is 0 Å². The van der Waals surface area contributed by atoms with E-state index in [1.165, 1.54) is 16.2 Å². The number of nitrogens with zero attached hydrogens (tertiary/aromatic N) is 4. The molecule has 3 heterocycles. The number of para-hydroxylation sites is 2. The third-order valence-corrected chi connectivity index (χ3v) is 8.91. The van der Waals surface area contributed by atoms with Crippen LogP contribution in [0, 0.1) is 11.3 Å². The van der Waals surface area contributed by atoms with Crippen molar-refractivity contribution >= 4 is 43.6 Å². The molecule has 0 N–H and O–H groups in total. The third-order valence-electron chi connectivity index (χ3n) is 8.91. The van der Waals surface area contributed by atoms with Gasteiger partial charge in [-0.1, -0.05) is 115 Å². The van der Waals surface area contributed by atoms with E-state index < -0.39 is 0 Å². The lowest BCUT2D eigenvalue weighted by molar-refractivity contribution is 1.14. The molecule has 9 aromatic rings. The predicted octanol–water partition coefficient (Wildman–Crippen LogP) is 10.5. The number of hydrogen-bond donors (Lipinski definition) is 0. The summed E-state index contributed by atoms with van der Waals surface area (Å²) in [7, 11) is 0. The third kappa shape index (κ3) is 3.96. The van der Waals surface area contributed by atoms with Crippen LogP contribution in [0.2, 0.25) is 0 Å². The van der Waals surface area contributed by atoms with Gasteiger partial charge in [0.05, 0.1) is 50.8 Å². The first-order chi connectivity index (χ1) is 22.8. The molecule has 0 aliphatic heterocycles. The largest absolute Gasteiger partial charge is 0.307 e. The molecule has 0 saturated heterocycles. The Hall–Kier alpha value is -6.44. The molecule has 6 aromatic carbocycles. The lowest BCUT2D eigenvalue weighted by Gasteiger charge is -2.15. The second kappa shape index (κ2) is 10.3. The summed E-state index contributed by atoms with van der Waals surface area (Å²) in [6.07, 6.45) is 0. The Morgan fingerprint density at radius 3 is 1.48 bits per heavy atom. The highest BCUT2D eigenvalue weighted by atomic mass is 15.0. The van der Waals surface area contributed by atoms with Crippen LogP contribution in [-0.2, 0) is 0 Å². The maximum Gasteiger partial charge on any atom is 0.0992 e. The van der Waals surface area contributed by atoms with Crippen molar-refractivity contribution in [1.82, 2.24) is 14.1 Å². The number of rotatable bonds is 4. The van der Waals surface area contributed by atoms with Crippen molar-refractivity contribution in [3.63, 3.8) is 0 Å². The number of hydrogen-bond acceptors (Lipinski definition) is 2. The van der Waals surface area contributed by atoms with Crippen LogP contribution in [0.5, 0.6) is 0 Å². The molecule has 3 aromatic heterocycles. The van der Waals surface area contributed by atoms with Gasteiger partial charge in [0.1, 0.15) is 0 Å². The van der Waals surface area contributed by atoms with Gasteiger partial charge in [-0.05, 0) is 42.5 Å². The highest BCUT2D eigenvalue weighted by Gasteiger charge is 2.22. The smallest absolute Gasteiger partial charge is 0.0992 e. The number of fused-ring (bicyclic) bond motifs is 7. The molecule has 0 bridgehead atoms. The standard InChI is InChI=1S/C42H26N4/c43-27-28-12-11-17-31(24-28)45-39-20-9-7-18-33(39)35-22-23-36-34-19-8-10-21-40(34)46(42(36)41(35)45)32-25-37(29-13-3-1-4-14-29)44-38(26-32)30-15-5-2-6-16-30/h1-26H. The molecule has 0 spiro atoms. The zero-order valence-electron chi connectivity index (χ0n) is 24.8. The van der Waals surface area contributed by atoms with Crippen LogP contribution in [0.25, 0.3) is 77.5 Å². The summed E-state index contributed by atoms with van der Waals surface area (Å²) in [5, 5.41) is 14.5. The quantitative estimate of drug-likeness (QED) is 0.206. The van der Waals surface area contributed by atoms with Gasteiger partial charge in [0.2, 0.25) is 0 Å². The summed E-state index contributed by atoms with van der Waals surface area (Å²) in [6.45, 7) is 0. The Balaban J connectivity index is 1.47. The van der Waals surface area contributed by atoms with Crippen LogP contribution >= 0.6 is 0 Å². The summed E-state index contributed by atoms with van der Waals surface area (Å²) >= 11 is 0. The van der Waals surface area contributed by atoms with Gasteiger partial charge in [-0.15, -0.1) is 0 Å². The molecule has 0 radical (unpaired) electrons. The van der Waals surface area contributed by atoms with Crippen LogP contribution in [0.1, 0.15) is 5.56 Å². The molecule has 0 unspecified atom stereocenters. The summed E-state index contributed by atoms with van der Waals surface area (Å²) in [6, 6.07) is 57.1. The van der Waals surface area contributed by atoms with Gasteiger partial charge < -0.3 is 9.13 Å². The fraction of sp³-hybridized carbons (Fsp3) is 0. The van der Waals surface area contributed by atoms with Gasteiger partial charge in [-0.3, -0.25) is 0 Å². The van der Waals surface area contributed by atoms with Crippen molar-refractivity contribution in [3.8, 4) is 40.0 Å². The van der Waals surface area contributed by atoms with E-state index in [9.17, 15) is 5.26 Å². The number of nitriles is 1. The van der Waals surface area contributed by atoms with Crippen molar-refractivity contribution < 1.29 is 0 Å². The predicted molar refractivity (Wildman–Crippen MR) is 189 cm³/mol. The summed E-state index contributed by atoms with van der Waals surface area (Å²) in [5.74, 6) is 0. The monoisotopic (exact) mass is 586 g/mol. The van der Waals surface area contributed by atoms with E-state index in [0.717, 1.165) is 61.3 Å². The highest BCUT2D eigenvalue weighted by Crippen LogP contribution is 2.42. The number of benzene rings is 6. The van der Waals surface area contributed by atoms with Crippen LogP contribution in [0.4, 0.5) is 0 Å². The lowest BCUT2D eigenvalue weighted by Crippen LogP contribution is -2.01. The minimum atomic E-state index is 0.630. The minimum Gasteiger partial charge on any atom is -0.307 e. The lowest BCUT2D eigenvalue weighted by atomic mass is 10.1. The zero-order chi connectivity index (χ0) is 30.6. The van der Waals surface area contributed by atoms with E-state index in [0.29, 0.717) is 5.56 Å². The molecule has 0 aliphatic carbocycles. The molecule has 4 nitrogen and oxygen atoms in total. The Morgan fingerprint density at radius 1 is 0.435 bits per heavy atom. The maximum atomic E-state index is 9.82. The second-order valence-electron chi connectivity index (χ2n) is 11.6. The minimum absolute atomic E-state index is 0.630. The SMILES string of the molecule is N#Cc1cccc(-n2c3ccccc3c3ccc4c5ccccc5n(-c5cc(-c6ccccc6)nc(-c6ccccc6)c5)c4c32)c1. The van der Waals surface area contributed by atoms with Gasteiger partial charge >= 0.3 is 0 Å². The van der Waals surface area contributed by atoms with Gasteiger partial charge in [-0.2, -0.15) is 5.26 Å². The van der Waals surface area contributed by atoms with Gasteiger partial charge in [0.25, 0.3) is 0 Å². The average molecular weight is 587 g/mol. The normalized spacial score (nSPS) is 11.5. The molecule has 0 atom stereocenters. The Morgan fingerprint density at radius 2 is 0.935 bits per heavy atom. The van der Waals surface area contributed by atoms with Gasteiger partial charge in [0, 0.05) is 38.4 Å². The van der Waals surface area contributed by atoms with E-state index in [2.05, 4.69) is 143 Å². The van der Waals surface area contributed by atoms with E-state index in [-0.39, 0.29) is 0 Å². The number of pyridine rings is 1. The average Bonchev–Trinajstić information content (AvgIpc) is 3.65.